The van der Waals surface area contributed by atoms with Gasteiger partial charge in [-0.2, -0.15) is 9.78 Å². The monoisotopic (exact) mass is 706 g/mol. The van der Waals surface area contributed by atoms with E-state index in [4.69, 9.17) is 42.3 Å². The molecule has 0 aliphatic carbocycles. The molecule has 5 rings (SSSR count). The zero-order valence-electron chi connectivity index (χ0n) is 29.0. The zero-order valence-corrected chi connectivity index (χ0v) is 29.8. The number of aryl methyl sites for hydroxylation is 1. The second kappa shape index (κ2) is 16.2. The average molecular weight is 707 g/mol. The molecule has 14 nitrogen and oxygen atoms in total. The van der Waals surface area contributed by atoms with E-state index in [2.05, 4.69) is 15.3 Å². The van der Waals surface area contributed by atoms with Gasteiger partial charge < -0.3 is 42.3 Å². The molecule has 0 atom stereocenters. The first kappa shape index (κ1) is 35.7. The van der Waals surface area contributed by atoms with Gasteiger partial charge in [0.2, 0.25) is 16.7 Å². The van der Waals surface area contributed by atoms with E-state index in [0.717, 1.165) is 5.56 Å². The Morgan fingerprint density at radius 3 is 2.10 bits per heavy atom. The maximum Gasteiger partial charge on any atom is 0.212 e. The Labute approximate surface area is 292 Å². The molecular weight excluding hydrogens is 668 g/mol. The van der Waals surface area contributed by atoms with Crippen LogP contribution in [-0.4, -0.2) is 83.2 Å². The number of rotatable bonds is 16. The van der Waals surface area contributed by atoms with Gasteiger partial charge in [-0.3, -0.25) is 4.79 Å². The molecule has 0 aliphatic heterocycles. The molecule has 0 bridgehead atoms. The Morgan fingerprint density at radius 2 is 1.46 bits per heavy atom. The predicted molar refractivity (Wildman–Crippen MR) is 189 cm³/mol. The van der Waals surface area contributed by atoms with Crippen LogP contribution in [0.5, 0.6) is 46.0 Å². The molecule has 264 valence electrons. The lowest BCUT2D eigenvalue weighted by Gasteiger charge is -2.17. The Hall–Kier alpha value is -5.57. The summed E-state index contributed by atoms with van der Waals surface area (Å²) >= 11 is 1.48. The lowest BCUT2D eigenvalue weighted by Crippen LogP contribution is -2.07. The van der Waals surface area contributed by atoms with E-state index in [0.29, 0.717) is 69.8 Å². The van der Waals surface area contributed by atoms with Gasteiger partial charge in [-0.1, -0.05) is 11.8 Å². The fraction of sp³-hybridized carbons (Fsp3) is 0.314. The highest BCUT2D eigenvalue weighted by atomic mass is 32.2. The van der Waals surface area contributed by atoms with Crippen molar-refractivity contribution < 1.29 is 42.3 Å². The van der Waals surface area contributed by atoms with Crippen LogP contribution in [0.3, 0.4) is 0 Å². The van der Waals surface area contributed by atoms with Gasteiger partial charge in [-0.15, -0.1) is 10.2 Å². The summed E-state index contributed by atoms with van der Waals surface area (Å²) in [5.41, 5.74) is 1.24. The van der Waals surface area contributed by atoms with Crippen molar-refractivity contribution in [1.82, 2.24) is 14.9 Å². The lowest BCUT2D eigenvalue weighted by molar-refractivity contribution is 0.277. The molecule has 0 fully saturated rings. The first-order valence-electron chi connectivity index (χ1n) is 15.3. The summed E-state index contributed by atoms with van der Waals surface area (Å²) in [6.07, 6.45) is 2.30. The number of thioether (sulfide) groups is 1. The van der Waals surface area contributed by atoms with Crippen molar-refractivity contribution >= 4 is 28.9 Å². The minimum atomic E-state index is -0.336. The smallest absolute Gasteiger partial charge is 0.212 e. The van der Waals surface area contributed by atoms with Crippen LogP contribution < -0.4 is 43.3 Å². The van der Waals surface area contributed by atoms with Crippen LogP contribution in [0.1, 0.15) is 17.8 Å². The third kappa shape index (κ3) is 7.37. The van der Waals surface area contributed by atoms with E-state index in [9.17, 15) is 4.79 Å². The first-order chi connectivity index (χ1) is 24.3. The second-order valence-corrected chi connectivity index (χ2v) is 11.5. The van der Waals surface area contributed by atoms with Crippen molar-refractivity contribution in [1.29, 1.82) is 0 Å². The Balaban J connectivity index is 1.32. The molecule has 0 radical (unpaired) electrons. The third-order valence-electron chi connectivity index (χ3n) is 7.55. The summed E-state index contributed by atoms with van der Waals surface area (Å²) in [6, 6.07) is 11.9. The molecule has 0 amide bonds. The molecule has 5 aromatic rings. The quantitative estimate of drug-likeness (QED) is 0.0686. The minimum Gasteiger partial charge on any atom is -0.497 e. The highest BCUT2D eigenvalue weighted by Crippen LogP contribution is 2.45. The van der Waals surface area contributed by atoms with E-state index in [1.165, 1.54) is 53.4 Å². The van der Waals surface area contributed by atoms with Crippen LogP contribution in [0.4, 0.5) is 0 Å². The number of aromatic nitrogens is 3. The van der Waals surface area contributed by atoms with E-state index in [-0.39, 0.29) is 33.7 Å². The largest absolute Gasteiger partial charge is 0.497 e. The van der Waals surface area contributed by atoms with Gasteiger partial charge in [0.25, 0.3) is 0 Å². The maximum absolute atomic E-state index is 13.5. The van der Waals surface area contributed by atoms with Gasteiger partial charge in [0.05, 0.1) is 62.6 Å². The van der Waals surface area contributed by atoms with Crippen molar-refractivity contribution in [2.45, 2.75) is 18.5 Å². The molecule has 0 N–H and O–H groups in total. The van der Waals surface area contributed by atoms with Gasteiger partial charge >= 0.3 is 0 Å². The van der Waals surface area contributed by atoms with Gasteiger partial charge in [0.1, 0.15) is 28.2 Å². The molecule has 3 aromatic carbocycles. The van der Waals surface area contributed by atoms with E-state index < -0.39 is 0 Å². The van der Waals surface area contributed by atoms with Gasteiger partial charge in [0, 0.05) is 35.1 Å². The fourth-order valence-electron chi connectivity index (χ4n) is 5.10. The Morgan fingerprint density at radius 1 is 0.780 bits per heavy atom. The average Bonchev–Trinajstić information content (AvgIpc) is 3.50. The molecule has 0 saturated carbocycles. The highest BCUT2D eigenvalue weighted by molar-refractivity contribution is 7.99. The van der Waals surface area contributed by atoms with E-state index in [1.807, 2.05) is 19.1 Å². The lowest BCUT2D eigenvalue weighted by atomic mass is 10.1. The van der Waals surface area contributed by atoms with Crippen molar-refractivity contribution in [2.75, 3.05) is 62.1 Å². The number of hydrogen-bond acceptors (Lipinski definition) is 14. The first-order valence-corrected chi connectivity index (χ1v) is 16.3. The van der Waals surface area contributed by atoms with Gasteiger partial charge in [-0.25, -0.2) is 0 Å². The van der Waals surface area contributed by atoms with Crippen molar-refractivity contribution in [3.63, 3.8) is 0 Å². The molecule has 0 aliphatic rings. The standard InChI is InChI=1S/C35H38N4O10S/c1-20-37-38-35(39(20)36-19-21-10-11-23(41-2)16-25(21)42-3)50-13-9-12-48-33-30(45-6)18-27-31(34(33)47-8)24(40)17-26(49-27)22-14-28(43-4)32(46-7)29(15-22)44-5/h10-11,14-19H,9,12-13H2,1-8H3. The summed E-state index contributed by atoms with van der Waals surface area (Å²) in [5, 5.41) is 13.9. The number of benzene rings is 3. The Bertz CT molecular complexity index is 2040. The molecule has 0 unspecified atom stereocenters. The predicted octanol–water partition coefficient (Wildman–Crippen LogP) is 5.86. The number of methoxy groups -OCH3 is 7. The number of fused-ring (bicyclic) bond motifs is 1. The summed E-state index contributed by atoms with van der Waals surface area (Å²) < 4.78 is 52.5. The van der Waals surface area contributed by atoms with Crippen LogP contribution in [0.2, 0.25) is 0 Å². The molecule has 2 heterocycles. The summed E-state index contributed by atoms with van der Waals surface area (Å²) in [4.78, 5) is 13.5. The van der Waals surface area contributed by atoms with Crippen LogP contribution in [0.25, 0.3) is 22.3 Å². The SMILES string of the molecule is COc1ccc(C=Nn2c(C)nnc2SCCCOc2c(OC)cc3oc(-c4cc(OC)c(OC)c(OC)c4)cc(=O)c3c2OC)c(OC)c1. The van der Waals surface area contributed by atoms with Crippen molar-refractivity contribution in [2.24, 2.45) is 5.10 Å². The minimum absolute atomic E-state index is 0.205. The molecular formula is C35H38N4O10S. The van der Waals surface area contributed by atoms with Crippen LogP contribution in [-0.2, 0) is 0 Å². The molecule has 0 saturated heterocycles. The van der Waals surface area contributed by atoms with E-state index >= 15 is 0 Å². The summed E-state index contributed by atoms with van der Waals surface area (Å²) in [7, 11) is 10.7. The zero-order chi connectivity index (χ0) is 35.8. The maximum atomic E-state index is 13.5. The molecule has 2 aromatic heterocycles. The van der Waals surface area contributed by atoms with Crippen LogP contribution in [0.15, 0.2) is 61.9 Å². The van der Waals surface area contributed by atoms with Crippen LogP contribution >= 0.6 is 11.8 Å². The topological polar surface area (TPSA) is 147 Å². The molecule has 15 heteroatoms. The van der Waals surface area contributed by atoms with Gasteiger partial charge in [-0.05, 0) is 37.6 Å². The van der Waals surface area contributed by atoms with Crippen molar-refractivity contribution in [3.05, 3.63) is 64.1 Å². The second-order valence-electron chi connectivity index (χ2n) is 10.4. The summed E-state index contributed by atoms with van der Waals surface area (Å²) in [6.45, 7) is 2.12. The molecule has 0 spiro atoms. The van der Waals surface area contributed by atoms with Crippen molar-refractivity contribution in [3.8, 4) is 57.3 Å². The number of ether oxygens (including phenoxy) is 8. The molecule has 50 heavy (non-hydrogen) atoms. The fourth-order valence-corrected chi connectivity index (χ4v) is 5.94. The van der Waals surface area contributed by atoms with E-state index in [1.54, 1.807) is 49.4 Å². The Kier molecular flexibility index (Phi) is 11.6. The highest BCUT2D eigenvalue weighted by Gasteiger charge is 2.23. The van der Waals surface area contributed by atoms with Gasteiger partial charge in [0.15, 0.2) is 34.3 Å². The number of hydrogen-bond donors (Lipinski definition) is 0. The normalized spacial score (nSPS) is 11.1. The summed E-state index contributed by atoms with van der Waals surface area (Å²) in [5.74, 6) is 4.94. The van der Waals surface area contributed by atoms with Crippen LogP contribution in [0, 0.1) is 6.92 Å². The number of nitrogens with zero attached hydrogens (tertiary/aromatic N) is 4. The third-order valence-corrected chi connectivity index (χ3v) is 8.56.